The molecule has 0 saturated carbocycles. The van der Waals surface area contributed by atoms with Crippen molar-refractivity contribution >= 4 is 65.7 Å². The van der Waals surface area contributed by atoms with Crippen LogP contribution in [-0.2, 0) is 0 Å². The molecule has 57 heavy (non-hydrogen) atoms. The summed E-state index contributed by atoms with van der Waals surface area (Å²) in [7, 11) is 0. The van der Waals surface area contributed by atoms with E-state index in [-0.39, 0.29) is 0 Å². The van der Waals surface area contributed by atoms with Crippen molar-refractivity contribution in [1.29, 1.82) is 0 Å². The predicted octanol–water partition coefficient (Wildman–Crippen LogP) is 13.4. The first-order valence-electron chi connectivity index (χ1n) is 19.0. The zero-order valence-electron chi connectivity index (χ0n) is 30.4. The highest BCUT2D eigenvalue weighted by Gasteiger charge is 2.22. The minimum Gasteiger partial charge on any atom is -0.456 e. The molecular formula is C51H30N4O2. The van der Waals surface area contributed by atoms with Crippen molar-refractivity contribution in [3.05, 3.63) is 182 Å². The number of nitrogens with zero attached hydrogens (tertiary/aromatic N) is 4. The second kappa shape index (κ2) is 12.3. The largest absolute Gasteiger partial charge is 0.456 e. The number of fused-ring (bicyclic) bond motifs is 10. The lowest BCUT2D eigenvalue weighted by molar-refractivity contribution is 0.669. The zero-order valence-corrected chi connectivity index (χ0v) is 30.4. The van der Waals surface area contributed by atoms with Crippen molar-refractivity contribution in [2.45, 2.75) is 0 Å². The molecule has 266 valence electrons. The van der Waals surface area contributed by atoms with Crippen LogP contribution < -0.4 is 0 Å². The fourth-order valence-corrected chi connectivity index (χ4v) is 8.43. The van der Waals surface area contributed by atoms with Gasteiger partial charge in [-0.15, -0.1) is 0 Å². The Hall–Kier alpha value is -7.83. The van der Waals surface area contributed by atoms with Gasteiger partial charge in [0.05, 0.1) is 11.0 Å². The summed E-state index contributed by atoms with van der Waals surface area (Å²) in [6, 6.07) is 62.6. The van der Waals surface area contributed by atoms with Crippen molar-refractivity contribution in [1.82, 2.24) is 19.5 Å². The Labute approximate surface area is 325 Å². The van der Waals surface area contributed by atoms with Gasteiger partial charge in [0, 0.05) is 54.7 Å². The molecule has 12 rings (SSSR count). The highest BCUT2D eigenvalue weighted by Crippen LogP contribution is 2.43. The van der Waals surface area contributed by atoms with Crippen molar-refractivity contribution in [2.24, 2.45) is 0 Å². The fourth-order valence-electron chi connectivity index (χ4n) is 8.43. The molecule has 0 saturated heterocycles. The summed E-state index contributed by atoms with van der Waals surface area (Å²) < 4.78 is 15.4. The van der Waals surface area contributed by atoms with Crippen LogP contribution >= 0.6 is 0 Å². The smallest absolute Gasteiger partial charge is 0.164 e. The number of para-hydroxylation sites is 3. The number of hydrogen-bond donors (Lipinski definition) is 0. The molecule has 0 aliphatic rings. The molecule has 0 unspecified atom stereocenters. The van der Waals surface area contributed by atoms with E-state index in [1.54, 1.807) is 0 Å². The average molecular weight is 731 g/mol. The van der Waals surface area contributed by atoms with Gasteiger partial charge in [0.2, 0.25) is 0 Å². The van der Waals surface area contributed by atoms with E-state index in [1.807, 2.05) is 54.6 Å². The van der Waals surface area contributed by atoms with Gasteiger partial charge in [-0.2, -0.15) is 0 Å². The van der Waals surface area contributed by atoms with Gasteiger partial charge in [-0.05, 0) is 65.7 Å². The van der Waals surface area contributed by atoms with E-state index in [4.69, 9.17) is 23.8 Å². The minimum atomic E-state index is 0.566. The van der Waals surface area contributed by atoms with Crippen molar-refractivity contribution in [2.75, 3.05) is 0 Å². The van der Waals surface area contributed by atoms with Crippen molar-refractivity contribution in [3.63, 3.8) is 0 Å². The molecule has 0 aliphatic carbocycles. The summed E-state index contributed by atoms with van der Waals surface area (Å²) in [5, 5.41) is 6.32. The van der Waals surface area contributed by atoms with Gasteiger partial charge in [-0.3, -0.25) is 0 Å². The van der Waals surface area contributed by atoms with Crippen LogP contribution in [0.2, 0.25) is 0 Å². The second-order valence-electron chi connectivity index (χ2n) is 14.4. The molecule has 0 bridgehead atoms. The molecule has 6 heteroatoms. The van der Waals surface area contributed by atoms with E-state index in [1.165, 1.54) is 5.39 Å². The van der Waals surface area contributed by atoms with Crippen LogP contribution in [0.1, 0.15) is 0 Å². The first kappa shape index (κ1) is 31.5. The van der Waals surface area contributed by atoms with Crippen LogP contribution in [0, 0.1) is 0 Å². The summed E-state index contributed by atoms with van der Waals surface area (Å²) in [4.78, 5) is 15.6. The maximum Gasteiger partial charge on any atom is 0.164 e. The first-order valence-corrected chi connectivity index (χ1v) is 19.0. The lowest BCUT2D eigenvalue weighted by Crippen LogP contribution is -2.00. The Bertz CT molecular complexity index is 3510. The van der Waals surface area contributed by atoms with Gasteiger partial charge in [0.1, 0.15) is 16.7 Å². The van der Waals surface area contributed by atoms with Crippen LogP contribution in [0.5, 0.6) is 0 Å². The highest BCUT2D eigenvalue weighted by atomic mass is 16.3. The molecule has 0 N–H and O–H groups in total. The second-order valence-corrected chi connectivity index (χ2v) is 14.4. The molecule has 8 aromatic carbocycles. The number of furan rings is 2. The molecule has 0 aliphatic heterocycles. The van der Waals surface area contributed by atoms with Crippen LogP contribution in [0.4, 0.5) is 0 Å². The quantitative estimate of drug-likeness (QED) is 0.176. The van der Waals surface area contributed by atoms with E-state index in [2.05, 4.69) is 132 Å². The van der Waals surface area contributed by atoms with Gasteiger partial charge >= 0.3 is 0 Å². The monoisotopic (exact) mass is 730 g/mol. The molecule has 0 fully saturated rings. The molecule has 4 aromatic heterocycles. The van der Waals surface area contributed by atoms with E-state index < -0.39 is 0 Å². The Kier molecular flexibility index (Phi) is 6.83. The van der Waals surface area contributed by atoms with E-state index in [0.717, 1.165) is 93.8 Å². The number of benzene rings is 8. The van der Waals surface area contributed by atoms with Crippen LogP contribution in [0.3, 0.4) is 0 Å². The summed E-state index contributed by atoms with van der Waals surface area (Å²) in [6.07, 6.45) is 0. The van der Waals surface area contributed by atoms with E-state index >= 15 is 0 Å². The fraction of sp³-hybridized carbons (Fsp3) is 0. The van der Waals surface area contributed by atoms with Gasteiger partial charge in [0.15, 0.2) is 23.1 Å². The summed E-state index contributed by atoms with van der Waals surface area (Å²) in [6.45, 7) is 0. The Morgan fingerprint density at radius 2 is 0.982 bits per heavy atom. The molecule has 0 atom stereocenters. The molecule has 4 heterocycles. The third-order valence-electron chi connectivity index (χ3n) is 11.1. The van der Waals surface area contributed by atoms with Gasteiger partial charge < -0.3 is 13.4 Å². The maximum atomic E-state index is 6.88. The molecule has 0 spiro atoms. The summed E-state index contributed by atoms with van der Waals surface area (Å²) >= 11 is 0. The number of aromatic nitrogens is 4. The normalized spacial score (nSPS) is 11.9. The van der Waals surface area contributed by atoms with Crippen molar-refractivity contribution in [3.8, 4) is 51.0 Å². The maximum absolute atomic E-state index is 6.88. The Morgan fingerprint density at radius 3 is 1.82 bits per heavy atom. The van der Waals surface area contributed by atoms with Gasteiger partial charge in [-0.25, -0.2) is 15.0 Å². The number of rotatable bonds is 5. The molecule has 0 amide bonds. The third kappa shape index (κ3) is 4.94. The lowest BCUT2D eigenvalue weighted by atomic mass is 10.0. The van der Waals surface area contributed by atoms with Crippen LogP contribution in [0.25, 0.3) is 117 Å². The average Bonchev–Trinajstić information content (AvgIpc) is 3.96. The third-order valence-corrected chi connectivity index (χ3v) is 11.1. The first-order chi connectivity index (χ1) is 28.2. The minimum absolute atomic E-state index is 0.566. The number of hydrogen-bond acceptors (Lipinski definition) is 5. The predicted molar refractivity (Wildman–Crippen MR) is 230 cm³/mol. The van der Waals surface area contributed by atoms with E-state index in [9.17, 15) is 0 Å². The Balaban J connectivity index is 1.10. The summed E-state index contributed by atoms with van der Waals surface area (Å²) in [5.41, 5.74) is 11.4. The standard InChI is InChI=1S/C51H30N4O2/c1-3-12-31(13-4-1)32-22-24-33(25-23-32)49-52-50(34-26-29-44-41(30-34)37-17-8-10-20-43(37)56-44)54-51(53-49)40-18-11-21-45-46(40)39-28-27-38-36-16-7-9-19-42(36)55(47(38)48(39)57-45)35-14-5-2-6-15-35/h1-30H. The van der Waals surface area contributed by atoms with E-state index in [0.29, 0.717) is 17.5 Å². The molecule has 12 aromatic rings. The zero-order chi connectivity index (χ0) is 37.5. The van der Waals surface area contributed by atoms with Gasteiger partial charge in [-0.1, -0.05) is 127 Å². The molecule has 0 radical (unpaired) electrons. The van der Waals surface area contributed by atoms with Gasteiger partial charge in [0.25, 0.3) is 0 Å². The SMILES string of the molecule is c1ccc(-c2ccc(-c3nc(-c4ccc5oc6ccccc6c5c4)nc(-c4cccc5oc6c(ccc7c8ccccc8n(-c8ccccc8)c76)c45)n3)cc2)cc1. The summed E-state index contributed by atoms with van der Waals surface area (Å²) in [5.74, 6) is 1.73. The molecule has 6 nitrogen and oxygen atoms in total. The van der Waals surface area contributed by atoms with Crippen molar-refractivity contribution < 1.29 is 8.83 Å². The Morgan fingerprint density at radius 1 is 0.368 bits per heavy atom. The topological polar surface area (TPSA) is 69.9 Å². The molecular weight excluding hydrogens is 701 g/mol. The highest BCUT2D eigenvalue weighted by molar-refractivity contribution is 6.23. The van der Waals surface area contributed by atoms with Crippen LogP contribution in [-0.4, -0.2) is 19.5 Å². The lowest BCUT2D eigenvalue weighted by Gasteiger charge is -2.10. The van der Waals surface area contributed by atoms with Crippen LogP contribution in [0.15, 0.2) is 191 Å².